The highest BCUT2D eigenvalue weighted by molar-refractivity contribution is 7.82. The van der Waals surface area contributed by atoms with Gasteiger partial charge in [0, 0.05) is 25.0 Å². The van der Waals surface area contributed by atoms with Crippen LogP contribution in [0, 0.1) is 5.92 Å². The number of ether oxygens (including phenoxy) is 1. The van der Waals surface area contributed by atoms with Gasteiger partial charge in [0.2, 0.25) is 5.91 Å². The van der Waals surface area contributed by atoms with Gasteiger partial charge in [-0.1, -0.05) is 72.8 Å². The maximum atomic E-state index is 14.0. The topological polar surface area (TPSA) is 128 Å². The lowest BCUT2D eigenvalue weighted by atomic mass is 9.84. The number of aliphatic hydroxyl groups excluding tert-OH is 2. The molecule has 9 nitrogen and oxygen atoms in total. The number of likely N-dealkylation sites (N-methyl/N-ethyl adjacent to an activating group) is 1. The predicted molar refractivity (Wildman–Crippen MR) is 170 cm³/mol. The number of carbonyl (C=O) groups excluding carboxylic acids is 2. The Morgan fingerprint density at radius 2 is 1.50 bits per heavy atom. The monoisotopic (exact) mass is 621 g/mol. The second-order valence-electron chi connectivity index (χ2n) is 11.2. The number of alkyl carbamates (subject to hydrolysis) is 1. The van der Waals surface area contributed by atoms with Gasteiger partial charge in [-0.15, -0.1) is 0 Å². The molecule has 44 heavy (non-hydrogen) atoms. The Hall–Kier alpha value is -3.57. The van der Waals surface area contributed by atoms with Gasteiger partial charge in [0.1, 0.15) is 17.0 Å². The molecule has 1 aliphatic rings. The minimum absolute atomic E-state index is 0.0839. The van der Waals surface area contributed by atoms with Crippen LogP contribution >= 0.6 is 0 Å². The molecular weight excluding hydrogens is 578 g/mol. The SMILES string of the molecule is COC(=O)NC(C(=O)NC(CCCC(CO)N(C)S(=O)c1ccc(CO)cc1)C1CC1)C(c1ccccc1)c1ccccc1. The number of carbonyl (C=O) groups is 2. The molecule has 0 saturated heterocycles. The van der Waals surface area contributed by atoms with Crippen molar-refractivity contribution >= 4 is 23.0 Å². The number of aliphatic hydroxyl groups is 2. The molecule has 0 spiro atoms. The Morgan fingerprint density at radius 3 is 2.00 bits per heavy atom. The van der Waals surface area contributed by atoms with Crippen molar-refractivity contribution in [3.8, 4) is 0 Å². The summed E-state index contributed by atoms with van der Waals surface area (Å²) >= 11 is 0. The number of rotatable bonds is 16. The standard InChI is InChI=1S/C34H43N3O6S/c1-37(44(42)29-20-16-24(22-38)17-21-29)28(23-39)14-9-15-30(25-18-19-25)35-33(40)32(36-34(41)43-2)31(26-10-5-3-6-11-26)27-12-7-4-8-13-27/h3-8,10-13,16-17,20-21,25,28,30-32,38-39H,9,14-15,18-19,22-23H2,1-2H3,(H,35,40)(H,36,41). The second kappa shape index (κ2) is 16.5. The Kier molecular flexibility index (Phi) is 12.5. The molecule has 4 unspecified atom stereocenters. The molecule has 0 aromatic heterocycles. The van der Waals surface area contributed by atoms with Crippen molar-refractivity contribution in [1.82, 2.24) is 14.9 Å². The van der Waals surface area contributed by atoms with E-state index in [1.807, 2.05) is 60.7 Å². The van der Waals surface area contributed by atoms with E-state index in [9.17, 15) is 24.0 Å². The first-order valence-electron chi connectivity index (χ1n) is 15.1. The van der Waals surface area contributed by atoms with Gasteiger partial charge in [0.25, 0.3) is 0 Å². The second-order valence-corrected chi connectivity index (χ2v) is 12.8. The van der Waals surface area contributed by atoms with E-state index in [1.54, 1.807) is 35.6 Å². The lowest BCUT2D eigenvalue weighted by Gasteiger charge is -2.30. The predicted octanol–water partition coefficient (Wildman–Crippen LogP) is 4.12. The highest BCUT2D eigenvalue weighted by Crippen LogP contribution is 2.36. The molecule has 0 aliphatic heterocycles. The van der Waals surface area contributed by atoms with Crippen molar-refractivity contribution in [2.75, 3.05) is 20.8 Å². The Bertz CT molecular complexity index is 1310. The van der Waals surface area contributed by atoms with Gasteiger partial charge in [-0.2, -0.15) is 0 Å². The number of amides is 2. The van der Waals surface area contributed by atoms with E-state index >= 15 is 0 Å². The summed E-state index contributed by atoms with van der Waals surface area (Å²) in [6.45, 7) is -0.238. The zero-order chi connectivity index (χ0) is 31.5. The molecule has 3 aromatic carbocycles. The van der Waals surface area contributed by atoms with Gasteiger partial charge >= 0.3 is 6.09 Å². The largest absolute Gasteiger partial charge is 0.453 e. The third-order valence-electron chi connectivity index (χ3n) is 8.26. The van der Waals surface area contributed by atoms with Crippen molar-refractivity contribution in [3.63, 3.8) is 0 Å². The maximum Gasteiger partial charge on any atom is 0.407 e. The summed E-state index contributed by atoms with van der Waals surface area (Å²) in [6.07, 6.45) is 3.32. The molecule has 3 aromatic rings. The zero-order valence-corrected chi connectivity index (χ0v) is 26.1. The van der Waals surface area contributed by atoms with Crippen molar-refractivity contribution in [3.05, 3.63) is 102 Å². The molecule has 4 rings (SSSR count). The van der Waals surface area contributed by atoms with Crippen LogP contribution in [0.2, 0.25) is 0 Å². The molecule has 1 saturated carbocycles. The first-order valence-corrected chi connectivity index (χ1v) is 16.2. The number of methoxy groups -OCH3 is 1. The molecule has 0 heterocycles. The number of benzene rings is 3. The van der Waals surface area contributed by atoms with E-state index in [4.69, 9.17) is 4.74 Å². The van der Waals surface area contributed by atoms with Gasteiger partial charge in [-0.3, -0.25) is 4.79 Å². The number of nitrogens with zero attached hydrogens (tertiary/aromatic N) is 1. The van der Waals surface area contributed by atoms with Gasteiger partial charge < -0.3 is 25.6 Å². The lowest BCUT2D eigenvalue weighted by Crippen LogP contribution is -2.53. The number of hydrogen-bond acceptors (Lipinski definition) is 6. The normalized spacial score (nSPS) is 15.8. The van der Waals surface area contributed by atoms with Crippen LogP contribution in [0.4, 0.5) is 4.79 Å². The highest BCUT2D eigenvalue weighted by atomic mass is 32.2. The average Bonchev–Trinajstić information content (AvgIpc) is 3.92. The molecule has 1 aliphatic carbocycles. The summed E-state index contributed by atoms with van der Waals surface area (Å²) in [5.74, 6) is -0.382. The summed E-state index contributed by atoms with van der Waals surface area (Å²) in [5, 5.41) is 25.5. The van der Waals surface area contributed by atoms with Crippen LogP contribution in [0.1, 0.15) is 54.7 Å². The van der Waals surface area contributed by atoms with Crippen molar-refractivity contribution < 1.29 is 28.7 Å². The van der Waals surface area contributed by atoms with E-state index in [0.717, 1.165) is 29.5 Å². The van der Waals surface area contributed by atoms with Crippen LogP contribution in [-0.2, 0) is 27.1 Å². The zero-order valence-electron chi connectivity index (χ0n) is 25.3. The molecule has 0 radical (unpaired) electrons. The van der Waals surface area contributed by atoms with Crippen molar-refractivity contribution in [2.45, 2.75) is 67.6 Å². The van der Waals surface area contributed by atoms with Crippen LogP contribution in [0.15, 0.2) is 89.8 Å². The van der Waals surface area contributed by atoms with Crippen LogP contribution < -0.4 is 10.6 Å². The van der Waals surface area contributed by atoms with Crippen LogP contribution in [-0.4, -0.2) is 69.6 Å². The summed E-state index contributed by atoms with van der Waals surface area (Å²) in [6, 6.07) is 24.9. The summed E-state index contributed by atoms with van der Waals surface area (Å²) < 4.78 is 19.7. The average molecular weight is 622 g/mol. The Balaban J connectivity index is 1.45. The third kappa shape index (κ3) is 8.98. The summed E-state index contributed by atoms with van der Waals surface area (Å²) in [4.78, 5) is 27.1. The van der Waals surface area contributed by atoms with Crippen molar-refractivity contribution in [1.29, 1.82) is 0 Å². The van der Waals surface area contributed by atoms with Crippen LogP contribution in [0.5, 0.6) is 0 Å². The van der Waals surface area contributed by atoms with E-state index in [1.165, 1.54) is 7.11 Å². The minimum Gasteiger partial charge on any atom is -0.453 e. The minimum atomic E-state index is -1.47. The fourth-order valence-corrected chi connectivity index (χ4v) is 6.70. The molecule has 4 atom stereocenters. The van der Waals surface area contributed by atoms with E-state index in [-0.39, 0.29) is 31.2 Å². The molecule has 10 heteroatoms. The van der Waals surface area contributed by atoms with Gasteiger partial charge in [-0.25, -0.2) is 13.3 Å². The fourth-order valence-electron chi connectivity index (χ4n) is 5.56. The molecule has 0 bridgehead atoms. The first-order chi connectivity index (χ1) is 21.4. The molecule has 2 amide bonds. The molecular formula is C34H43N3O6S. The molecule has 236 valence electrons. The van der Waals surface area contributed by atoms with Crippen LogP contribution in [0.3, 0.4) is 0 Å². The highest BCUT2D eigenvalue weighted by Gasteiger charge is 2.37. The summed E-state index contributed by atoms with van der Waals surface area (Å²) in [5.41, 5.74) is 2.53. The summed E-state index contributed by atoms with van der Waals surface area (Å²) in [7, 11) is 1.54. The first kappa shape index (κ1) is 33.3. The smallest absolute Gasteiger partial charge is 0.407 e. The van der Waals surface area contributed by atoms with E-state index in [2.05, 4.69) is 10.6 Å². The third-order valence-corrected chi connectivity index (χ3v) is 9.75. The van der Waals surface area contributed by atoms with Gasteiger partial charge in [0.05, 0.1) is 25.2 Å². The molecule has 4 N–H and O–H groups in total. The Morgan fingerprint density at radius 1 is 0.909 bits per heavy atom. The number of nitrogens with one attached hydrogen (secondary N) is 2. The fraction of sp³-hybridized carbons (Fsp3) is 0.412. The van der Waals surface area contributed by atoms with Crippen LogP contribution in [0.25, 0.3) is 0 Å². The van der Waals surface area contributed by atoms with Crippen molar-refractivity contribution in [2.24, 2.45) is 5.92 Å². The van der Waals surface area contributed by atoms with Gasteiger partial charge in [0.15, 0.2) is 0 Å². The lowest BCUT2D eigenvalue weighted by molar-refractivity contribution is -0.124. The quantitative estimate of drug-likeness (QED) is 0.191. The number of hydrogen-bond donors (Lipinski definition) is 4. The van der Waals surface area contributed by atoms with E-state index < -0.39 is 29.0 Å². The molecule has 1 fully saturated rings. The maximum absolute atomic E-state index is 14.0. The Labute approximate surface area is 262 Å². The van der Waals surface area contributed by atoms with E-state index in [0.29, 0.717) is 30.1 Å². The van der Waals surface area contributed by atoms with Gasteiger partial charge in [-0.05, 0) is 66.8 Å².